The van der Waals surface area contributed by atoms with Gasteiger partial charge in [0, 0.05) is 6.92 Å². The molecule has 0 saturated heterocycles. The van der Waals surface area contributed by atoms with Crippen molar-refractivity contribution in [3.05, 3.63) is 0 Å². The van der Waals surface area contributed by atoms with Gasteiger partial charge in [-0.1, -0.05) is 4.29 Å². The molecule has 0 fully saturated rings. The Morgan fingerprint density at radius 2 is 1.47 bits per heavy atom. The molecule has 0 aromatic heterocycles. The molecular formula is C4H6Cl2O9. The monoisotopic (exact) mass is 268 g/mol. The fourth-order valence-electron chi connectivity index (χ4n) is 0.222. The number of carbonyl (C=O) groups excluding carboxylic acids is 2. The number of rotatable bonds is 2. The van der Waals surface area contributed by atoms with Gasteiger partial charge in [-0.05, 0) is 4.29 Å². The molecule has 0 heterocycles. The third-order valence-corrected chi connectivity index (χ3v) is 1.12. The Morgan fingerprint density at radius 3 is 1.47 bits per heavy atom. The van der Waals surface area contributed by atoms with Crippen molar-refractivity contribution >= 4 is 11.9 Å². The molecule has 11 heteroatoms. The van der Waals surface area contributed by atoms with E-state index in [9.17, 15) is 32.9 Å². The summed E-state index contributed by atoms with van der Waals surface area (Å²) in [4.78, 5) is 19.3. The smallest absolute Gasteiger partial charge is 0.307 e. The van der Waals surface area contributed by atoms with E-state index in [1.54, 1.807) is 0 Å². The molecule has 15 heavy (non-hydrogen) atoms. The first-order valence-corrected chi connectivity index (χ1v) is 5.06. The van der Waals surface area contributed by atoms with E-state index in [-0.39, 0.29) is 0 Å². The molecular weight excluding hydrogens is 263 g/mol. The van der Waals surface area contributed by atoms with Gasteiger partial charge in [-0.25, -0.2) is 9.59 Å². The van der Waals surface area contributed by atoms with Crippen molar-refractivity contribution < 1.29 is 62.5 Å². The molecule has 90 valence electrons. The Bertz CT molecular complexity index is 209. The van der Waals surface area contributed by atoms with Crippen molar-refractivity contribution in [1.82, 2.24) is 0 Å². The van der Waals surface area contributed by atoms with Crippen LogP contribution in [0, 0.1) is 21.0 Å². The maximum absolute atomic E-state index is 9.65. The topological polar surface area (TPSA) is 168 Å². The molecule has 0 aliphatic rings. The maximum atomic E-state index is 9.65. The molecule has 0 aliphatic carbocycles. The van der Waals surface area contributed by atoms with E-state index in [1.165, 1.54) is 0 Å². The second kappa shape index (κ2) is 7.59. The summed E-state index contributed by atoms with van der Waals surface area (Å²) >= 11 is 0. The lowest BCUT2D eigenvalue weighted by atomic mass is 10.9. The second-order valence-electron chi connectivity index (χ2n) is 1.70. The van der Waals surface area contributed by atoms with Gasteiger partial charge in [0.15, 0.2) is 0 Å². The first kappa shape index (κ1) is 16.7. The molecule has 0 bridgehead atoms. The average molecular weight is 269 g/mol. The summed E-state index contributed by atoms with van der Waals surface area (Å²) in [5.74, 6) is -1.98. The van der Waals surface area contributed by atoms with Gasteiger partial charge in [0.25, 0.3) is 0 Å². The molecule has 9 nitrogen and oxygen atoms in total. The van der Waals surface area contributed by atoms with E-state index < -0.39 is 33.0 Å². The van der Waals surface area contributed by atoms with Crippen LogP contribution in [-0.2, 0) is 18.2 Å². The summed E-state index contributed by atoms with van der Waals surface area (Å²) in [5, 5.41) is 0. The second-order valence-corrected chi connectivity index (χ2v) is 3.15. The minimum Gasteiger partial charge on any atom is -0.307 e. The van der Waals surface area contributed by atoms with E-state index in [4.69, 9.17) is 0 Å². The van der Waals surface area contributed by atoms with Gasteiger partial charge in [0.1, 0.15) is 10.2 Å². The Kier molecular flexibility index (Phi) is 8.47. The van der Waals surface area contributed by atoms with Crippen LogP contribution in [-0.4, -0.2) is 11.9 Å². The van der Waals surface area contributed by atoms with Crippen molar-refractivity contribution in [2.75, 3.05) is 0 Å². The lowest BCUT2D eigenvalue weighted by Crippen LogP contribution is -2.61. The zero-order valence-electron chi connectivity index (χ0n) is 7.43. The van der Waals surface area contributed by atoms with Crippen LogP contribution < -0.4 is 23.3 Å². The van der Waals surface area contributed by atoms with Crippen molar-refractivity contribution in [2.24, 2.45) is 0 Å². The van der Waals surface area contributed by atoms with Crippen LogP contribution in [0.1, 0.15) is 13.8 Å². The number of hydrogen-bond acceptors (Lipinski definition) is 9. The zero-order valence-corrected chi connectivity index (χ0v) is 8.94. The lowest BCUT2D eigenvalue weighted by molar-refractivity contribution is -1.92. The highest BCUT2D eigenvalue weighted by atomic mass is 35.7. The Labute approximate surface area is 89.0 Å². The molecule has 0 aromatic rings. The van der Waals surface area contributed by atoms with Gasteiger partial charge in [-0.2, -0.15) is 14.0 Å². The molecule has 0 N–H and O–H groups in total. The fraction of sp³-hybridized carbons (Fsp3) is 0.500. The van der Waals surface area contributed by atoms with E-state index in [0.29, 0.717) is 0 Å². The minimum absolute atomic E-state index is 0.822. The van der Waals surface area contributed by atoms with Gasteiger partial charge < -0.3 is 9.32 Å². The predicted octanol–water partition coefficient (Wildman–Crippen LogP) is -5.92. The Hall–Kier alpha value is -0.680. The van der Waals surface area contributed by atoms with Gasteiger partial charge in [0.05, 0.1) is 6.92 Å². The highest BCUT2D eigenvalue weighted by molar-refractivity contribution is 5.65. The number of hydrogen-bond donors (Lipinski definition) is 0. The normalized spacial score (nSPS) is 10.1. The van der Waals surface area contributed by atoms with Crippen LogP contribution in [0.5, 0.6) is 0 Å². The molecule has 0 unspecified atom stereocenters. The number of halogens is 2. The lowest BCUT2D eigenvalue weighted by Gasteiger charge is -2.08. The third kappa shape index (κ3) is 24.7. The van der Waals surface area contributed by atoms with Gasteiger partial charge >= 0.3 is 22.7 Å². The first-order chi connectivity index (χ1) is 6.54. The highest BCUT2D eigenvalue weighted by Crippen LogP contribution is 1.86. The van der Waals surface area contributed by atoms with Crippen LogP contribution in [0.15, 0.2) is 0 Å². The summed E-state index contributed by atoms with van der Waals surface area (Å²) in [6.07, 6.45) is 0. The molecule has 0 aliphatic heterocycles. The summed E-state index contributed by atoms with van der Waals surface area (Å²) in [5.41, 5.74) is 0. The van der Waals surface area contributed by atoms with Crippen LogP contribution in [0.2, 0.25) is 0 Å². The van der Waals surface area contributed by atoms with Crippen LogP contribution in [0.4, 0.5) is 0 Å². The summed E-state index contributed by atoms with van der Waals surface area (Å²) in [7, 11) is -6.98. The quantitative estimate of drug-likeness (QED) is 0.473. The summed E-state index contributed by atoms with van der Waals surface area (Å²) in [6.45, 7) is 1.82. The van der Waals surface area contributed by atoms with Crippen molar-refractivity contribution in [3.63, 3.8) is 0 Å². The number of carbonyl (C=O) groups is 2. The molecule has 0 spiro atoms. The Balaban J connectivity index is 0. The van der Waals surface area contributed by atoms with E-state index in [0.717, 1.165) is 13.8 Å². The van der Waals surface area contributed by atoms with E-state index in [1.807, 2.05) is 0 Å². The van der Waals surface area contributed by atoms with Crippen molar-refractivity contribution in [2.45, 2.75) is 13.8 Å². The van der Waals surface area contributed by atoms with Crippen LogP contribution in [0.3, 0.4) is 0 Å². The molecule has 0 aromatic carbocycles. The van der Waals surface area contributed by atoms with Crippen molar-refractivity contribution in [1.29, 1.82) is 0 Å². The Morgan fingerprint density at radius 1 is 1.07 bits per heavy atom. The predicted molar refractivity (Wildman–Crippen MR) is 23.5 cm³/mol. The van der Waals surface area contributed by atoms with Crippen LogP contribution >= 0.6 is 0 Å². The maximum Gasteiger partial charge on any atom is 0.460 e. The molecule has 0 saturated carbocycles. The minimum atomic E-state index is -4.57. The van der Waals surface area contributed by atoms with Crippen molar-refractivity contribution in [3.8, 4) is 0 Å². The van der Waals surface area contributed by atoms with Gasteiger partial charge in [-0.3, -0.25) is 0 Å². The largest absolute Gasteiger partial charge is 0.460 e. The standard InChI is InChI=1S/C2H3ClO5.C2H3ClO4/c1-2(4)8-3(5,6)7;1-2(4)7-3(5)6/h1H3;1H3. The molecule has 0 radical (unpaired) electrons. The van der Waals surface area contributed by atoms with E-state index >= 15 is 0 Å². The summed E-state index contributed by atoms with van der Waals surface area (Å²) in [6, 6.07) is 0. The molecule has 0 atom stereocenters. The van der Waals surface area contributed by atoms with E-state index in [2.05, 4.69) is 8.58 Å². The highest BCUT2D eigenvalue weighted by Gasteiger charge is 2.20. The first-order valence-electron chi connectivity index (χ1n) is 2.90. The SMILES string of the molecule is CC(=O)O[Cl+2]([O-])[O-].CC(=O)O[Cl+3]([O-])([O-])[O-]. The average Bonchev–Trinajstić information content (AvgIpc) is 1.76. The van der Waals surface area contributed by atoms with Crippen LogP contribution in [0.25, 0.3) is 0 Å². The summed E-state index contributed by atoms with van der Waals surface area (Å²) < 4.78 is 53.6. The van der Waals surface area contributed by atoms with Gasteiger partial charge in [0.2, 0.25) is 0 Å². The zero-order chi connectivity index (χ0) is 12.6. The molecule has 0 amide bonds. The fourth-order valence-corrected chi connectivity index (χ4v) is 0.665. The molecule has 0 rings (SSSR count). The van der Waals surface area contributed by atoms with Gasteiger partial charge in [-0.15, -0.1) is 0 Å². The third-order valence-electron chi connectivity index (χ3n) is 0.375.